The van der Waals surface area contributed by atoms with Gasteiger partial charge in [-0.3, -0.25) is 19.7 Å². The second kappa shape index (κ2) is 27.2. The van der Waals surface area contributed by atoms with E-state index in [1.807, 2.05) is 42.7 Å². The number of aliphatic hydroxyl groups is 1. The van der Waals surface area contributed by atoms with E-state index >= 15 is 0 Å². The molecule has 0 spiro atoms. The first-order valence-corrected chi connectivity index (χ1v) is 26.4. The number of carbonyl (C=O) groups is 3. The number of dihydropyridines is 1. The summed E-state index contributed by atoms with van der Waals surface area (Å²) in [4.78, 5) is 41.8. The number of nitrogens with two attached hydrogens (primary N) is 1. The first-order valence-electron chi connectivity index (χ1n) is 24.0. The monoisotopic (exact) mass is 1100 g/mol. The van der Waals surface area contributed by atoms with Gasteiger partial charge in [-0.05, 0) is 78.3 Å². The summed E-state index contributed by atoms with van der Waals surface area (Å²) >= 11 is 12.7. The SMILES string of the molecule is CC1(C)[C@@H]2CC[C@@]1(CS(=O)(=O)O)C(=O)C2.CCCCc1nc(Cl)c(CO)n1Cc1ccc(-c2ccccc2-c2nnn[n-]2)cc1.CCOC(=O)C1=C(COCCN)NC(C)=C(C(=O)OC)C1c1ccccc1Cl.[K+]. The number of allylic oxidation sites excluding steroid dienone is 1. The van der Waals surface area contributed by atoms with Gasteiger partial charge in [0.2, 0.25) is 0 Å². The number of nitrogens with one attached hydrogen (secondary N) is 1. The van der Waals surface area contributed by atoms with Crippen LogP contribution in [0.4, 0.5) is 0 Å². The third-order valence-electron chi connectivity index (χ3n) is 13.9. The molecule has 3 atom stereocenters. The van der Waals surface area contributed by atoms with E-state index in [1.54, 1.807) is 38.1 Å². The van der Waals surface area contributed by atoms with Crippen molar-refractivity contribution in [3.8, 4) is 22.5 Å². The second-order valence-corrected chi connectivity index (χ2v) is 20.7. The molecule has 5 N–H and O–H groups in total. The molecule has 0 radical (unpaired) electrons. The molecule has 8 rings (SSSR count). The molecule has 3 aliphatic rings. The van der Waals surface area contributed by atoms with Crippen LogP contribution in [0.3, 0.4) is 0 Å². The van der Waals surface area contributed by atoms with E-state index in [-0.39, 0.29) is 93.9 Å². The van der Waals surface area contributed by atoms with Crippen molar-refractivity contribution in [3.05, 3.63) is 128 Å². The van der Waals surface area contributed by atoms with E-state index in [4.69, 9.17) is 47.7 Å². The van der Waals surface area contributed by atoms with E-state index in [0.29, 0.717) is 76.8 Å². The summed E-state index contributed by atoms with van der Waals surface area (Å²) in [5, 5.41) is 28.8. The topological polar surface area (TPSA) is 262 Å². The third-order valence-corrected chi connectivity index (χ3v) is 15.4. The zero-order valence-corrected chi connectivity index (χ0v) is 48.3. The van der Waals surface area contributed by atoms with E-state index in [2.05, 4.69) is 62.1 Å². The normalized spacial score (nSPS) is 18.7. The number of rotatable bonds is 18. The van der Waals surface area contributed by atoms with Crippen LogP contribution in [0.2, 0.25) is 10.2 Å². The molecule has 3 aromatic carbocycles. The molecule has 2 aromatic heterocycles. The van der Waals surface area contributed by atoms with Crippen LogP contribution < -0.4 is 67.5 Å². The molecule has 1 unspecified atom stereocenters. The Morgan fingerprint density at radius 3 is 2.26 bits per heavy atom. The number of nitrogens with zero attached hydrogens (tertiary/aromatic N) is 6. The van der Waals surface area contributed by atoms with Gasteiger partial charge >= 0.3 is 63.3 Å². The van der Waals surface area contributed by atoms with Crippen molar-refractivity contribution in [1.82, 2.24) is 35.5 Å². The zero-order chi connectivity index (χ0) is 53.1. The number of benzene rings is 3. The Kier molecular flexibility index (Phi) is 22.3. The number of tetrazole rings is 1. The number of aryl methyl sites for hydroxylation is 1. The first-order chi connectivity index (χ1) is 34.9. The standard InChI is InChI=1S/C22H22ClN6O.C20H25ClN2O5.C10H16O4S.K/c1-2-3-8-20-24-21(23)19(14-30)29(20)13-15-9-11-16(12-10-15)17-6-4-5-7-18(17)22-25-27-28-26-22;1-4-28-20(25)18-15(11-27-10-9-22)23-12(2)16(19(24)26-3)17(18)13-7-5-6-8-14(13)21;1-9(2)7-3-4-10(9,8(11)5-7)6-15(12,13)14;/h4-7,9-12,30H,2-3,8,13-14H2,1H3;5-8,17,23H,4,9-11,22H2,1-3H3;7H,3-6H2,1-2H3,(H,12,13,14);/q-1;;;+1/t;;7-,10-;/m..1./s1. The average molecular weight is 1100 g/mol. The molecule has 2 saturated carbocycles. The van der Waals surface area contributed by atoms with Crippen molar-refractivity contribution in [2.75, 3.05) is 39.2 Å². The van der Waals surface area contributed by atoms with Gasteiger partial charge in [0, 0.05) is 42.5 Å². The number of ether oxygens (including phenoxy) is 3. The maximum absolute atomic E-state index is 12.9. The minimum atomic E-state index is -4.08. The summed E-state index contributed by atoms with van der Waals surface area (Å²) in [7, 11) is -2.78. The van der Waals surface area contributed by atoms with Crippen LogP contribution >= 0.6 is 23.2 Å². The number of aromatic nitrogens is 6. The van der Waals surface area contributed by atoms with Gasteiger partial charge in [0.1, 0.15) is 11.6 Å². The molecule has 5 aromatic rings. The molecule has 2 bridgehead atoms. The van der Waals surface area contributed by atoms with Gasteiger partial charge in [0.25, 0.3) is 10.1 Å². The molecule has 0 amide bonds. The van der Waals surface area contributed by atoms with Gasteiger partial charge in [-0.1, -0.05) is 117 Å². The Balaban J connectivity index is 0.000000215. The predicted octanol–water partition coefficient (Wildman–Crippen LogP) is 4.44. The molecule has 1 aliphatic heterocycles. The fourth-order valence-electron chi connectivity index (χ4n) is 10.1. The summed E-state index contributed by atoms with van der Waals surface area (Å²) in [6.07, 6.45) is 4.91. The average Bonchev–Trinajstić information content (AvgIpc) is 4.10. The van der Waals surface area contributed by atoms with E-state index < -0.39 is 39.1 Å². The molecule has 74 heavy (non-hydrogen) atoms. The number of ketones is 1. The molecule has 392 valence electrons. The van der Waals surface area contributed by atoms with E-state index in [9.17, 15) is 27.9 Å². The van der Waals surface area contributed by atoms with Gasteiger partial charge in [0.15, 0.2) is 5.15 Å². The van der Waals surface area contributed by atoms with Crippen LogP contribution in [0, 0.1) is 16.7 Å². The Hall–Kier alpha value is -4.16. The summed E-state index contributed by atoms with van der Waals surface area (Å²) < 4.78 is 48.8. The summed E-state index contributed by atoms with van der Waals surface area (Å²) in [6.45, 7) is 10.9. The Morgan fingerprint density at radius 2 is 1.69 bits per heavy atom. The van der Waals surface area contributed by atoms with Crippen molar-refractivity contribution >= 4 is 51.0 Å². The minimum Gasteiger partial charge on any atom is -0.466 e. The quantitative estimate of drug-likeness (QED) is 0.0409. The molecule has 18 nitrogen and oxygen atoms in total. The molecule has 2 fully saturated rings. The van der Waals surface area contributed by atoms with E-state index in [1.165, 1.54) is 7.11 Å². The van der Waals surface area contributed by atoms with Crippen LogP contribution in [0.5, 0.6) is 0 Å². The van der Waals surface area contributed by atoms with Crippen molar-refractivity contribution in [3.63, 3.8) is 0 Å². The number of Topliss-reactive ketones (excluding diaryl/α,β-unsaturated/α-hetero) is 1. The Morgan fingerprint density at radius 1 is 1.00 bits per heavy atom. The number of halogens is 2. The number of carbonyl (C=O) groups excluding carboxylic acids is 3. The van der Waals surface area contributed by atoms with Crippen molar-refractivity contribution in [2.45, 2.75) is 92.2 Å². The van der Waals surface area contributed by atoms with Gasteiger partial charge in [-0.25, -0.2) is 14.6 Å². The van der Waals surface area contributed by atoms with Crippen LogP contribution in [-0.2, 0) is 58.3 Å². The first kappa shape index (κ1) is 60.7. The summed E-state index contributed by atoms with van der Waals surface area (Å²) in [5.74, 6) is -0.545. The largest absolute Gasteiger partial charge is 1.00 e. The molecule has 2 aliphatic carbocycles. The number of aliphatic hydroxyl groups excluding tert-OH is 1. The second-order valence-electron chi connectivity index (χ2n) is 18.5. The number of hydrogen-bond donors (Lipinski definition) is 4. The van der Waals surface area contributed by atoms with Gasteiger partial charge in [0.05, 0.1) is 73.2 Å². The minimum absolute atomic E-state index is 0. The van der Waals surface area contributed by atoms with E-state index in [0.717, 1.165) is 53.8 Å². The Bertz CT molecular complexity index is 2930. The maximum Gasteiger partial charge on any atom is 1.00 e. The van der Waals surface area contributed by atoms with Gasteiger partial charge in [-0.2, -0.15) is 13.6 Å². The molecular formula is C52H63Cl2KN8O10S. The van der Waals surface area contributed by atoms with Crippen LogP contribution in [0.1, 0.15) is 95.3 Å². The number of esters is 2. The molecule has 22 heteroatoms. The predicted molar refractivity (Wildman–Crippen MR) is 275 cm³/mol. The summed E-state index contributed by atoms with van der Waals surface area (Å²) in [5.41, 5.74) is 11.3. The number of imidazole rings is 1. The van der Waals surface area contributed by atoms with Crippen molar-refractivity contribution in [1.29, 1.82) is 0 Å². The molecular weight excluding hydrogens is 1040 g/mol. The smallest absolute Gasteiger partial charge is 0.466 e. The zero-order valence-electron chi connectivity index (χ0n) is 42.9. The molecule has 0 saturated heterocycles. The fourth-order valence-corrected chi connectivity index (χ4v) is 11.9. The molecule has 3 heterocycles. The van der Waals surface area contributed by atoms with Crippen molar-refractivity contribution in [2.24, 2.45) is 22.5 Å². The van der Waals surface area contributed by atoms with Crippen molar-refractivity contribution < 1.29 is 98.1 Å². The maximum atomic E-state index is 12.9. The van der Waals surface area contributed by atoms with Crippen LogP contribution in [0.15, 0.2) is 95.3 Å². The van der Waals surface area contributed by atoms with Crippen LogP contribution in [-0.4, -0.2) is 100 Å². The summed E-state index contributed by atoms with van der Waals surface area (Å²) in [6, 6.07) is 23.3. The third kappa shape index (κ3) is 13.9. The fraction of sp³-hybridized carbons (Fsp3) is 0.442. The number of fused-ring (bicyclic) bond motifs is 2. The number of methoxy groups -OCH3 is 1. The van der Waals surface area contributed by atoms with Gasteiger partial charge in [-0.15, -0.1) is 0 Å². The Labute approximate surface area is 484 Å². The van der Waals surface area contributed by atoms with Crippen LogP contribution in [0.25, 0.3) is 22.5 Å². The number of unbranched alkanes of at least 4 members (excludes halogenated alkanes) is 1. The number of hydrogen-bond acceptors (Lipinski definition) is 15. The van der Waals surface area contributed by atoms with Gasteiger partial charge < -0.3 is 40.0 Å².